The average molecular weight is 787 g/mol. The topological polar surface area (TPSA) is 29.3 Å². The average Bonchev–Trinajstić information content (AvgIpc) is 4.02. The Hall–Kier alpha value is -7.53. The van der Waals surface area contributed by atoms with Crippen LogP contribution in [0.2, 0.25) is 0 Å². The van der Waals surface area contributed by atoms with E-state index in [1.807, 2.05) is 30.3 Å². The van der Waals surface area contributed by atoms with Crippen LogP contribution in [0, 0.1) is 0 Å². The number of rotatable bonds is 9. The summed E-state index contributed by atoms with van der Waals surface area (Å²) in [5.74, 6) is 0.753. The number of furan rings is 1. The number of hydrogen-bond acceptors (Lipinski definition) is 4. The van der Waals surface area contributed by atoms with Crippen LogP contribution in [0.15, 0.2) is 229 Å². The van der Waals surface area contributed by atoms with E-state index in [9.17, 15) is 0 Å². The van der Waals surface area contributed by atoms with E-state index >= 15 is 0 Å². The molecule has 1 aliphatic carbocycles. The Morgan fingerprint density at radius 3 is 1.88 bits per heavy atom. The maximum absolute atomic E-state index is 6.38. The van der Waals surface area contributed by atoms with Gasteiger partial charge in [0, 0.05) is 34.1 Å². The van der Waals surface area contributed by atoms with Crippen molar-refractivity contribution in [3.63, 3.8) is 0 Å². The summed E-state index contributed by atoms with van der Waals surface area (Å²) >= 11 is 1.71. The molecule has 284 valence electrons. The van der Waals surface area contributed by atoms with E-state index in [4.69, 9.17) is 9.40 Å². The number of hydrogen-bond donors (Lipinski definition) is 0. The summed E-state index contributed by atoms with van der Waals surface area (Å²) in [4.78, 5) is 7.52. The van der Waals surface area contributed by atoms with Crippen LogP contribution >= 0.6 is 11.3 Å². The molecule has 4 heteroatoms. The Labute approximate surface area is 353 Å². The van der Waals surface area contributed by atoms with E-state index in [1.165, 1.54) is 44.5 Å². The molecule has 0 aliphatic heterocycles. The SMILES string of the molecule is C=C/C(=C\c1cc2ccccc2o1)N(c1ccc2c(c1)C(c1ccccc1)(c1ccccc1)c1ccccc1-2)c1ccc2sc(-c3ccc(-c4ccccc4)cc3)nc2c1. The molecule has 10 aromatic rings. The van der Waals surface area contributed by atoms with Crippen LogP contribution in [0.4, 0.5) is 11.4 Å². The molecule has 0 unspecified atom stereocenters. The quantitative estimate of drug-likeness (QED) is 0.136. The Bertz CT molecular complexity index is 3140. The Morgan fingerprint density at radius 2 is 1.15 bits per heavy atom. The van der Waals surface area contributed by atoms with E-state index in [1.54, 1.807) is 11.3 Å². The van der Waals surface area contributed by atoms with Gasteiger partial charge in [-0.15, -0.1) is 11.3 Å². The van der Waals surface area contributed by atoms with Crippen molar-refractivity contribution in [2.24, 2.45) is 0 Å². The highest BCUT2D eigenvalue weighted by Gasteiger charge is 2.46. The van der Waals surface area contributed by atoms with Crippen LogP contribution in [-0.4, -0.2) is 4.98 Å². The zero-order chi connectivity index (χ0) is 40.0. The molecule has 0 radical (unpaired) electrons. The molecule has 3 nitrogen and oxygen atoms in total. The molecule has 0 saturated carbocycles. The first kappa shape index (κ1) is 35.6. The second-order valence-electron chi connectivity index (χ2n) is 15.2. The fourth-order valence-electron chi connectivity index (χ4n) is 9.07. The normalized spacial score (nSPS) is 13.0. The first-order chi connectivity index (χ1) is 29.7. The van der Waals surface area contributed by atoms with Gasteiger partial charge in [-0.3, -0.25) is 0 Å². The highest BCUT2D eigenvalue weighted by molar-refractivity contribution is 7.21. The van der Waals surface area contributed by atoms with E-state index in [0.29, 0.717) is 0 Å². The summed E-state index contributed by atoms with van der Waals surface area (Å²) in [7, 11) is 0. The van der Waals surface area contributed by atoms with Gasteiger partial charge in [0.1, 0.15) is 16.4 Å². The minimum atomic E-state index is -0.545. The second-order valence-corrected chi connectivity index (χ2v) is 16.2. The van der Waals surface area contributed by atoms with Gasteiger partial charge in [-0.05, 0) is 93.0 Å². The molecule has 2 heterocycles. The Balaban J connectivity index is 1.09. The molecule has 2 aromatic heterocycles. The van der Waals surface area contributed by atoms with Crippen LogP contribution in [0.25, 0.3) is 60.1 Å². The van der Waals surface area contributed by atoms with E-state index in [2.05, 4.69) is 200 Å². The highest BCUT2D eigenvalue weighted by Crippen LogP contribution is 2.57. The highest BCUT2D eigenvalue weighted by atomic mass is 32.1. The van der Waals surface area contributed by atoms with Crippen LogP contribution in [0.5, 0.6) is 0 Å². The minimum Gasteiger partial charge on any atom is -0.457 e. The molecule has 1 aliphatic rings. The van der Waals surface area contributed by atoms with Gasteiger partial charge in [-0.2, -0.15) is 0 Å². The van der Waals surface area contributed by atoms with Crippen molar-refractivity contribution in [3.05, 3.63) is 253 Å². The number of fused-ring (bicyclic) bond motifs is 5. The maximum atomic E-state index is 6.38. The van der Waals surface area contributed by atoms with Gasteiger partial charge in [-0.25, -0.2) is 4.98 Å². The summed E-state index contributed by atoms with van der Waals surface area (Å²) in [5, 5.41) is 2.04. The van der Waals surface area contributed by atoms with Crippen LogP contribution in [0.1, 0.15) is 28.0 Å². The standard InChI is InChI=1S/C56H38N2OS/c1-2-44(35-47-34-41-18-12-15-25-53(41)59-47)58(46-31-33-54-52(37-46)57-55(60-54)40-28-26-39(27-29-40)38-16-6-3-7-17-38)45-30-32-49-48-23-13-14-24-50(48)56(51(49)36-45,42-19-8-4-9-20-42)43-21-10-5-11-22-43/h2-37H,1H2/b44-35+. The molecule has 8 aromatic carbocycles. The first-order valence-electron chi connectivity index (χ1n) is 20.2. The fraction of sp³-hybridized carbons (Fsp3) is 0.0179. The Kier molecular flexibility index (Phi) is 8.72. The van der Waals surface area contributed by atoms with Crippen LogP contribution < -0.4 is 4.90 Å². The van der Waals surface area contributed by atoms with Gasteiger partial charge < -0.3 is 9.32 Å². The minimum absolute atomic E-state index is 0.545. The number of benzene rings is 8. The van der Waals surface area contributed by atoms with Crippen molar-refractivity contribution in [2.75, 3.05) is 4.90 Å². The van der Waals surface area contributed by atoms with Crippen molar-refractivity contribution >= 4 is 50.0 Å². The van der Waals surface area contributed by atoms with Gasteiger partial charge in [0.15, 0.2) is 0 Å². The van der Waals surface area contributed by atoms with Crippen molar-refractivity contribution < 1.29 is 4.42 Å². The monoisotopic (exact) mass is 786 g/mol. The lowest BCUT2D eigenvalue weighted by atomic mass is 9.67. The third kappa shape index (κ3) is 5.92. The third-order valence-electron chi connectivity index (χ3n) is 11.8. The number of anilines is 2. The summed E-state index contributed by atoms with van der Waals surface area (Å²) in [6, 6.07) is 73.7. The molecular formula is C56H38N2OS. The third-order valence-corrected chi connectivity index (χ3v) is 12.9. The van der Waals surface area contributed by atoms with Gasteiger partial charge in [0.2, 0.25) is 0 Å². The van der Waals surface area contributed by atoms with Crippen molar-refractivity contribution in [1.29, 1.82) is 0 Å². The molecule has 0 bridgehead atoms. The number of nitrogens with zero attached hydrogens (tertiary/aromatic N) is 2. The summed E-state index contributed by atoms with van der Waals surface area (Å²) < 4.78 is 7.51. The molecule has 0 saturated heterocycles. The summed E-state index contributed by atoms with van der Waals surface area (Å²) in [5.41, 5.74) is 15.0. The van der Waals surface area contributed by atoms with Gasteiger partial charge in [0.25, 0.3) is 0 Å². The molecule has 0 spiro atoms. The molecule has 0 amide bonds. The number of aromatic nitrogens is 1. The van der Waals surface area contributed by atoms with E-state index < -0.39 is 5.41 Å². The zero-order valence-electron chi connectivity index (χ0n) is 32.7. The molecule has 0 fully saturated rings. The summed E-state index contributed by atoms with van der Waals surface area (Å²) in [6.07, 6.45) is 4.00. The van der Waals surface area contributed by atoms with Crippen LogP contribution in [-0.2, 0) is 5.41 Å². The molecule has 11 rings (SSSR count). The number of thiazole rings is 1. The lowest BCUT2D eigenvalue weighted by molar-refractivity contribution is 0.604. The molecule has 60 heavy (non-hydrogen) atoms. The van der Waals surface area contributed by atoms with Gasteiger partial charge >= 0.3 is 0 Å². The second kappa shape index (κ2) is 14.7. The smallest absolute Gasteiger partial charge is 0.134 e. The fourth-order valence-corrected chi connectivity index (χ4v) is 10.0. The molecule has 0 N–H and O–H groups in total. The first-order valence-corrected chi connectivity index (χ1v) is 21.0. The lowest BCUT2D eigenvalue weighted by Crippen LogP contribution is -2.28. The predicted octanol–water partition coefficient (Wildman–Crippen LogP) is 15.1. The Morgan fingerprint density at radius 1 is 0.550 bits per heavy atom. The zero-order valence-corrected chi connectivity index (χ0v) is 33.5. The maximum Gasteiger partial charge on any atom is 0.134 e. The molecule has 0 atom stereocenters. The van der Waals surface area contributed by atoms with Gasteiger partial charge in [-0.1, -0.05) is 170 Å². The number of allylic oxidation sites excluding steroid dienone is 1. The summed E-state index contributed by atoms with van der Waals surface area (Å²) in [6.45, 7) is 4.38. The van der Waals surface area contributed by atoms with Crippen molar-refractivity contribution in [3.8, 4) is 32.8 Å². The van der Waals surface area contributed by atoms with E-state index in [-0.39, 0.29) is 0 Å². The van der Waals surface area contributed by atoms with Crippen LogP contribution in [0.3, 0.4) is 0 Å². The molecular weight excluding hydrogens is 749 g/mol. The lowest BCUT2D eigenvalue weighted by Gasteiger charge is -2.35. The predicted molar refractivity (Wildman–Crippen MR) is 251 cm³/mol. The largest absolute Gasteiger partial charge is 0.457 e. The van der Waals surface area contributed by atoms with Crippen molar-refractivity contribution in [1.82, 2.24) is 4.98 Å². The van der Waals surface area contributed by atoms with Crippen molar-refractivity contribution in [2.45, 2.75) is 5.41 Å². The number of para-hydroxylation sites is 1. The van der Waals surface area contributed by atoms with Gasteiger partial charge in [0.05, 0.1) is 15.6 Å². The van der Waals surface area contributed by atoms with E-state index in [0.717, 1.165) is 54.6 Å².